The predicted octanol–water partition coefficient (Wildman–Crippen LogP) is 2.92. The Morgan fingerprint density at radius 2 is 2.36 bits per heavy atom. The average molecular weight is 304 g/mol. The number of ether oxygens (including phenoxy) is 1. The highest BCUT2D eigenvalue weighted by atomic mass is 19.1. The molecule has 0 unspecified atom stereocenters. The van der Waals surface area contributed by atoms with E-state index in [1.807, 2.05) is 6.20 Å². The van der Waals surface area contributed by atoms with E-state index in [9.17, 15) is 9.18 Å². The quantitative estimate of drug-likeness (QED) is 0.862. The molecule has 1 saturated heterocycles. The summed E-state index contributed by atoms with van der Waals surface area (Å²) in [5.41, 5.74) is 1.88. The molecule has 1 amide bonds. The van der Waals surface area contributed by atoms with Crippen LogP contribution in [-0.4, -0.2) is 30.1 Å². The maximum atomic E-state index is 13.1. The Morgan fingerprint density at radius 3 is 3.18 bits per heavy atom. The Morgan fingerprint density at radius 1 is 1.45 bits per heavy atom. The molecule has 4 nitrogen and oxygen atoms in total. The van der Waals surface area contributed by atoms with Crippen molar-refractivity contribution >= 4 is 16.8 Å². The maximum Gasteiger partial charge on any atom is 0.220 e. The van der Waals surface area contributed by atoms with E-state index in [1.54, 1.807) is 6.07 Å². The number of nitrogens with one attached hydrogen (secondary N) is 2. The summed E-state index contributed by atoms with van der Waals surface area (Å²) < 4.78 is 18.6. The van der Waals surface area contributed by atoms with Crippen molar-refractivity contribution in [2.75, 3.05) is 13.2 Å². The van der Waals surface area contributed by atoms with Gasteiger partial charge in [-0.3, -0.25) is 4.79 Å². The second kappa shape index (κ2) is 6.92. The van der Waals surface area contributed by atoms with Gasteiger partial charge in [0, 0.05) is 36.7 Å². The van der Waals surface area contributed by atoms with Crippen LogP contribution in [0.25, 0.3) is 10.9 Å². The molecular formula is C17H21FN2O2. The molecule has 0 saturated carbocycles. The van der Waals surface area contributed by atoms with Gasteiger partial charge >= 0.3 is 0 Å². The number of halogens is 1. The highest BCUT2D eigenvalue weighted by Gasteiger charge is 2.16. The van der Waals surface area contributed by atoms with Crippen molar-refractivity contribution in [2.24, 2.45) is 0 Å². The number of benzene rings is 1. The van der Waals surface area contributed by atoms with Gasteiger partial charge < -0.3 is 15.0 Å². The summed E-state index contributed by atoms with van der Waals surface area (Å²) in [6.07, 6.45) is 6.36. The minimum atomic E-state index is -0.247. The van der Waals surface area contributed by atoms with Gasteiger partial charge in [0.05, 0.1) is 6.10 Å². The molecule has 1 aliphatic heterocycles. The maximum absolute atomic E-state index is 13.1. The first kappa shape index (κ1) is 15.0. The van der Waals surface area contributed by atoms with Crippen molar-refractivity contribution in [1.29, 1.82) is 0 Å². The molecule has 1 atom stereocenters. The molecule has 2 aromatic rings. The van der Waals surface area contributed by atoms with E-state index >= 15 is 0 Å². The topological polar surface area (TPSA) is 54.1 Å². The summed E-state index contributed by atoms with van der Waals surface area (Å²) in [6, 6.07) is 4.72. The van der Waals surface area contributed by atoms with Crippen molar-refractivity contribution in [3.8, 4) is 0 Å². The number of hydrogen-bond donors (Lipinski definition) is 2. The van der Waals surface area contributed by atoms with Crippen molar-refractivity contribution in [2.45, 2.75) is 38.2 Å². The third-order valence-electron chi connectivity index (χ3n) is 4.16. The summed E-state index contributed by atoms with van der Waals surface area (Å²) in [5.74, 6) is -0.176. The zero-order valence-corrected chi connectivity index (χ0v) is 12.5. The van der Waals surface area contributed by atoms with Gasteiger partial charge in [0.2, 0.25) is 5.91 Å². The number of carbonyl (C=O) groups is 1. The highest BCUT2D eigenvalue weighted by Crippen LogP contribution is 2.19. The van der Waals surface area contributed by atoms with Crippen molar-refractivity contribution in [3.05, 3.63) is 35.8 Å². The molecule has 1 fully saturated rings. The summed E-state index contributed by atoms with van der Waals surface area (Å²) >= 11 is 0. The zero-order valence-electron chi connectivity index (χ0n) is 12.5. The minimum absolute atomic E-state index is 0.0707. The fourth-order valence-electron chi connectivity index (χ4n) is 2.95. The second-order valence-electron chi connectivity index (χ2n) is 5.78. The van der Waals surface area contributed by atoms with E-state index in [-0.39, 0.29) is 17.8 Å². The second-order valence-corrected chi connectivity index (χ2v) is 5.78. The van der Waals surface area contributed by atoms with E-state index in [2.05, 4.69) is 10.3 Å². The van der Waals surface area contributed by atoms with Crippen molar-refractivity contribution < 1.29 is 13.9 Å². The van der Waals surface area contributed by atoms with Crippen LogP contribution in [0, 0.1) is 5.82 Å². The number of carbonyl (C=O) groups excluding carboxylic acids is 1. The Kier molecular flexibility index (Phi) is 4.73. The molecule has 1 aromatic heterocycles. The Bertz CT molecular complexity index is 647. The Hall–Kier alpha value is -1.88. The molecule has 3 rings (SSSR count). The standard InChI is InChI=1S/C17H21FN2O2/c18-13-3-5-15-12(11-20-16(15)10-13)7-8-19-17(21)6-4-14-2-1-9-22-14/h3,5,10-11,14,20H,1-2,4,6-9H2,(H,19,21)/t14-/m0/s1. The van der Waals surface area contributed by atoms with Gasteiger partial charge in [-0.1, -0.05) is 0 Å². The third-order valence-corrected chi connectivity index (χ3v) is 4.16. The lowest BCUT2D eigenvalue weighted by Gasteiger charge is -2.09. The van der Waals surface area contributed by atoms with Crippen LogP contribution in [0.4, 0.5) is 4.39 Å². The molecule has 0 spiro atoms. The van der Waals surface area contributed by atoms with Crippen LogP contribution in [-0.2, 0) is 16.0 Å². The number of amides is 1. The van der Waals surface area contributed by atoms with Gasteiger partial charge in [0.15, 0.2) is 0 Å². The molecule has 0 bridgehead atoms. The zero-order chi connectivity index (χ0) is 15.4. The molecule has 2 heterocycles. The first-order valence-electron chi connectivity index (χ1n) is 7.86. The van der Waals surface area contributed by atoms with Crippen molar-refractivity contribution in [1.82, 2.24) is 10.3 Å². The van der Waals surface area contributed by atoms with Crippen LogP contribution in [0.2, 0.25) is 0 Å². The number of aromatic nitrogens is 1. The first-order chi connectivity index (χ1) is 10.7. The highest BCUT2D eigenvalue weighted by molar-refractivity contribution is 5.83. The van der Waals surface area contributed by atoms with Crippen LogP contribution in [0.1, 0.15) is 31.2 Å². The normalized spacial score (nSPS) is 18.0. The Balaban J connectivity index is 1.44. The summed E-state index contributed by atoms with van der Waals surface area (Å²) in [6.45, 7) is 1.42. The number of hydrogen-bond acceptors (Lipinski definition) is 2. The molecular weight excluding hydrogens is 283 g/mol. The summed E-state index contributed by atoms with van der Waals surface area (Å²) in [5, 5.41) is 3.95. The largest absolute Gasteiger partial charge is 0.378 e. The molecule has 22 heavy (non-hydrogen) atoms. The van der Waals surface area contributed by atoms with Gasteiger partial charge in [-0.2, -0.15) is 0 Å². The van der Waals surface area contributed by atoms with E-state index < -0.39 is 0 Å². The molecule has 5 heteroatoms. The fourth-order valence-corrected chi connectivity index (χ4v) is 2.95. The molecule has 2 N–H and O–H groups in total. The molecule has 1 aromatic carbocycles. The van der Waals surface area contributed by atoms with Gasteiger partial charge in [0.25, 0.3) is 0 Å². The van der Waals surface area contributed by atoms with E-state index in [4.69, 9.17) is 4.74 Å². The first-order valence-corrected chi connectivity index (χ1v) is 7.86. The monoisotopic (exact) mass is 304 g/mol. The number of H-pyrrole nitrogens is 1. The summed E-state index contributed by atoms with van der Waals surface area (Å²) in [4.78, 5) is 14.9. The van der Waals surface area contributed by atoms with Crippen LogP contribution in [0.15, 0.2) is 24.4 Å². The lowest BCUT2D eigenvalue weighted by molar-refractivity contribution is -0.121. The third kappa shape index (κ3) is 3.65. The van der Waals surface area contributed by atoms with E-state index in [1.165, 1.54) is 12.1 Å². The Labute approximate surface area is 129 Å². The molecule has 0 radical (unpaired) electrons. The minimum Gasteiger partial charge on any atom is -0.378 e. The van der Waals surface area contributed by atoms with Crippen molar-refractivity contribution in [3.63, 3.8) is 0 Å². The van der Waals surface area contributed by atoms with Gasteiger partial charge in [0.1, 0.15) is 5.82 Å². The molecule has 1 aliphatic rings. The lowest BCUT2D eigenvalue weighted by atomic mass is 10.1. The molecule has 0 aliphatic carbocycles. The summed E-state index contributed by atoms with van der Waals surface area (Å²) in [7, 11) is 0. The number of rotatable bonds is 6. The average Bonchev–Trinajstić information content (AvgIpc) is 3.15. The van der Waals surface area contributed by atoms with Crippen LogP contribution in [0.5, 0.6) is 0 Å². The number of aromatic amines is 1. The number of fused-ring (bicyclic) bond motifs is 1. The van der Waals surface area contributed by atoms with Crippen LogP contribution in [0.3, 0.4) is 0 Å². The van der Waals surface area contributed by atoms with Crippen LogP contribution < -0.4 is 5.32 Å². The van der Waals surface area contributed by atoms with Gasteiger partial charge in [-0.05, 0) is 49.4 Å². The van der Waals surface area contributed by atoms with Gasteiger partial charge in [-0.25, -0.2) is 4.39 Å². The van der Waals surface area contributed by atoms with E-state index in [0.29, 0.717) is 13.0 Å². The smallest absolute Gasteiger partial charge is 0.220 e. The molecule has 118 valence electrons. The van der Waals surface area contributed by atoms with E-state index in [0.717, 1.165) is 48.8 Å². The van der Waals surface area contributed by atoms with Crippen LogP contribution >= 0.6 is 0 Å². The SMILES string of the molecule is O=C(CC[C@@H]1CCCO1)NCCc1c[nH]c2cc(F)ccc12. The fraction of sp³-hybridized carbons (Fsp3) is 0.471. The van der Waals surface area contributed by atoms with Gasteiger partial charge in [-0.15, -0.1) is 0 Å². The predicted molar refractivity (Wildman–Crippen MR) is 83.2 cm³/mol. The lowest BCUT2D eigenvalue weighted by Crippen LogP contribution is -2.26.